The van der Waals surface area contributed by atoms with Crippen molar-refractivity contribution in [1.29, 1.82) is 0 Å². The number of nitrogens with zero attached hydrogens (tertiary/aromatic N) is 6. The summed E-state index contributed by atoms with van der Waals surface area (Å²) in [6.07, 6.45) is 1.63. The van der Waals surface area contributed by atoms with Gasteiger partial charge in [0, 0.05) is 38.2 Å². The molecule has 0 amide bonds. The zero-order valence-electron chi connectivity index (χ0n) is 15.8. The minimum atomic E-state index is 0.297. The van der Waals surface area contributed by atoms with Crippen LogP contribution in [0.1, 0.15) is 23.2 Å². The van der Waals surface area contributed by atoms with Crippen LogP contribution in [0.25, 0.3) is 16.6 Å². The highest BCUT2D eigenvalue weighted by atomic mass is 16.5. The molecule has 0 unspecified atom stereocenters. The van der Waals surface area contributed by atoms with Gasteiger partial charge in [0.2, 0.25) is 5.95 Å². The number of nitrogen functional groups attached to an aromatic ring is 1. The Labute approximate surface area is 161 Å². The minimum Gasteiger partial charge on any atom is -0.494 e. The molecule has 5 rings (SSSR count). The standard InChI is InChI=1S/C19H21N7O2/c1-11-21-13-6-8-25(10-15(13)28-11)9-7-16-22-18-12-4-3-5-14(27-2)17(12)23-19(20)26(18)24-16/h3-5H,6-10H2,1-2H3,(H2,20,23). The van der Waals surface area contributed by atoms with E-state index in [1.807, 2.05) is 25.1 Å². The molecular weight excluding hydrogens is 358 g/mol. The normalized spacial score (nSPS) is 14.6. The average Bonchev–Trinajstić information content (AvgIpc) is 3.28. The summed E-state index contributed by atoms with van der Waals surface area (Å²) in [4.78, 5) is 15.9. The van der Waals surface area contributed by atoms with Gasteiger partial charge in [-0.25, -0.2) is 15.0 Å². The number of fused-ring (bicyclic) bond motifs is 4. The molecule has 0 fully saturated rings. The molecule has 0 saturated carbocycles. The predicted octanol–water partition coefficient (Wildman–Crippen LogP) is 1.77. The van der Waals surface area contributed by atoms with Gasteiger partial charge in [0.25, 0.3) is 0 Å². The largest absolute Gasteiger partial charge is 0.494 e. The van der Waals surface area contributed by atoms with Crippen LogP contribution in [0.15, 0.2) is 22.6 Å². The van der Waals surface area contributed by atoms with E-state index in [4.69, 9.17) is 19.9 Å². The van der Waals surface area contributed by atoms with Crippen LogP contribution in [0.5, 0.6) is 5.75 Å². The molecule has 2 N–H and O–H groups in total. The number of benzene rings is 1. The van der Waals surface area contributed by atoms with Gasteiger partial charge in [-0.15, -0.1) is 5.10 Å². The Kier molecular flexibility index (Phi) is 3.90. The van der Waals surface area contributed by atoms with Gasteiger partial charge in [-0.05, 0) is 12.1 Å². The number of oxazole rings is 1. The molecule has 9 nitrogen and oxygen atoms in total. The van der Waals surface area contributed by atoms with Crippen molar-refractivity contribution >= 4 is 22.5 Å². The fourth-order valence-corrected chi connectivity index (χ4v) is 3.77. The van der Waals surface area contributed by atoms with E-state index in [9.17, 15) is 0 Å². The topological polar surface area (TPSA) is 108 Å². The zero-order valence-corrected chi connectivity index (χ0v) is 15.8. The molecule has 1 aromatic carbocycles. The van der Waals surface area contributed by atoms with Gasteiger partial charge in [0.15, 0.2) is 17.4 Å². The quantitative estimate of drug-likeness (QED) is 0.572. The summed E-state index contributed by atoms with van der Waals surface area (Å²) in [5, 5.41) is 5.43. The van der Waals surface area contributed by atoms with Crippen LogP contribution < -0.4 is 10.5 Å². The van der Waals surface area contributed by atoms with Crippen molar-refractivity contribution in [3.05, 3.63) is 41.4 Å². The van der Waals surface area contributed by atoms with E-state index in [1.54, 1.807) is 11.6 Å². The summed E-state index contributed by atoms with van der Waals surface area (Å²) in [6, 6.07) is 5.73. The molecule has 0 spiro atoms. The fraction of sp³-hybridized carbons (Fsp3) is 0.368. The molecule has 4 aromatic rings. The molecule has 28 heavy (non-hydrogen) atoms. The van der Waals surface area contributed by atoms with Crippen molar-refractivity contribution in [3.63, 3.8) is 0 Å². The number of aromatic nitrogens is 5. The van der Waals surface area contributed by atoms with Crippen molar-refractivity contribution in [2.24, 2.45) is 0 Å². The Morgan fingerprint density at radius 2 is 2.14 bits per heavy atom. The summed E-state index contributed by atoms with van der Waals surface area (Å²) in [5.74, 6) is 3.41. The molecule has 144 valence electrons. The lowest BCUT2D eigenvalue weighted by Gasteiger charge is -2.24. The van der Waals surface area contributed by atoms with Gasteiger partial charge < -0.3 is 14.9 Å². The number of methoxy groups -OCH3 is 1. The highest BCUT2D eigenvalue weighted by Crippen LogP contribution is 2.27. The van der Waals surface area contributed by atoms with E-state index in [1.165, 1.54) is 0 Å². The van der Waals surface area contributed by atoms with Crippen molar-refractivity contribution in [2.75, 3.05) is 25.9 Å². The lowest BCUT2D eigenvalue weighted by Crippen LogP contribution is -2.32. The number of anilines is 1. The van der Waals surface area contributed by atoms with E-state index in [0.29, 0.717) is 22.9 Å². The van der Waals surface area contributed by atoms with Crippen LogP contribution in [-0.2, 0) is 19.4 Å². The third-order valence-electron chi connectivity index (χ3n) is 5.12. The maximum Gasteiger partial charge on any atom is 0.223 e. The Bertz CT molecular complexity index is 1180. The Balaban J connectivity index is 1.41. The van der Waals surface area contributed by atoms with Gasteiger partial charge >= 0.3 is 0 Å². The molecule has 3 aromatic heterocycles. The average molecular weight is 379 g/mol. The number of nitrogens with two attached hydrogens (primary N) is 1. The Morgan fingerprint density at radius 1 is 1.25 bits per heavy atom. The maximum absolute atomic E-state index is 6.12. The number of aryl methyl sites for hydroxylation is 1. The van der Waals surface area contributed by atoms with Crippen molar-refractivity contribution in [1.82, 2.24) is 29.5 Å². The van der Waals surface area contributed by atoms with E-state index in [0.717, 1.165) is 61.0 Å². The first-order valence-electron chi connectivity index (χ1n) is 9.28. The molecule has 0 bridgehead atoms. The third kappa shape index (κ3) is 2.75. The summed E-state index contributed by atoms with van der Waals surface area (Å²) in [7, 11) is 1.62. The van der Waals surface area contributed by atoms with Crippen LogP contribution in [0.3, 0.4) is 0 Å². The number of hydrogen-bond donors (Lipinski definition) is 1. The van der Waals surface area contributed by atoms with E-state index in [-0.39, 0.29) is 0 Å². The molecule has 1 aliphatic heterocycles. The number of ether oxygens (including phenoxy) is 1. The van der Waals surface area contributed by atoms with Crippen LogP contribution >= 0.6 is 0 Å². The molecule has 4 heterocycles. The summed E-state index contributed by atoms with van der Waals surface area (Å²) in [6.45, 7) is 4.45. The Hall–Kier alpha value is -3.20. The van der Waals surface area contributed by atoms with E-state index in [2.05, 4.69) is 20.0 Å². The molecular formula is C19H21N7O2. The van der Waals surface area contributed by atoms with Gasteiger partial charge in [-0.3, -0.25) is 4.90 Å². The lowest BCUT2D eigenvalue weighted by molar-refractivity contribution is 0.229. The smallest absolute Gasteiger partial charge is 0.223 e. The lowest BCUT2D eigenvalue weighted by atomic mass is 10.1. The van der Waals surface area contributed by atoms with E-state index < -0.39 is 0 Å². The molecule has 1 aliphatic rings. The van der Waals surface area contributed by atoms with Crippen LogP contribution in [0.2, 0.25) is 0 Å². The van der Waals surface area contributed by atoms with Crippen LogP contribution in [-0.4, -0.2) is 49.7 Å². The highest BCUT2D eigenvalue weighted by Gasteiger charge is 2.22. The van der Waals surface area contributed by atoms with Gasteiger partial charge in [-0.2, -0.15) is 4.52 Å². The highest BCUT2D eigenvalue weighted by molar-refractivity contribution is 5.95. The summed E-state index contributed by atoms with van der Waals surface area (Å²) >= 11 is 0. The molecule has 9 heteroatoms. The van der Waals surface area contributed by atoms with Gasteiger partial charge in [0.05, 0.1) is 19.3 Å². The van der Waals surface area contributed by atoms with Gasteiger partial charge in [0.1, 0.15) is 17.0 Å². The van der Waals surface area contributed by atoms with Crippen molar-refractivity contribution in [2.45, 2.75) is 26.3 Å². The first-order valence-corrected chi connectivity index (χ1v) is 9.28. The monoisotopic (exact) mass is 379 g/mol. The second kappa shape index (κ2) is 6.45. The SMILES string of the molecule is COc1cccc2c1nc(N)n1nc(CCN3CCc4nc(C)oc4C3)nc21. The first-order chi connectivity index (χ1) is 13.6. The molecule has 0 atom stereocenters. The Morgan fingerprint density at radius 3 is 3.00 bits per heavy atom. The van der Waals surface area contributed by atoms with Gasteiger partial charge in [-0.1, -0.05) is 6.07 Å². The number of para-hydroxylation sites is 1. The second-order valence-corrected chi connectivity index (χ2v) is 6.97. The second-order valence-electron chi connectivity index (χ2n) is 6.97. The minimum absolute atomic E-state index is 0.297. The molecule has 0 saturated heterocycles. The fourth-order valence-electron chi connectivity index (χ4n) is 3.77. The van der Waals surface area contributed by atoms with Crippen LogP contribution in [0, 0.1) is 6.92 Å². The molecule has 0 aliphatic carbocycles. The summed E-state index contributed by atoms with van der Waals surface area (Å²) < 4.78 is 12.7. The molecule has 0 radical (unpaired) electrons. The van der Waals surface area contributed by atoms with Crippen molar-refractivity contribution < 1.29 is 9.15 Å². The number of hydrogen-bond acceptors (Lipinski definition) is 8. The van der Waals surface area contributed by atoms with Crippen molar-refractivity contribution in [3.8, 4) is 5.75 Å². The maximum atomic E-state index is 6.12. The van der Waals surface area contributed by atoms with E-state index >= 15 is 0 Å². The zero-order chi connectivity index (χ0) is 19.3. The predicted molar refractivity (Wildman–Crippen MR) is 103 cm³/mol. The first kappa shape index (κ1) is 16.9. The summed E-state index contributed by atoms with van der Waals surface area (Å²) in [5.41, 5.74) is 8.59. The third-order valence-corrected chi connectivity index (χ3v) is 5.12. The van der Waals surface area contributed by atoms with Crippen LogP contribution in [0.4, 0.5) is 5.95 Å². The number of rotatable bonds is 4.